The lowest BCUT2D eigenvalue weighted by Gasteiger charge is -2.47. The summed E-state index contributed by atoms with van der Waals surface area (Å²) in [5.74, 6) is 0. The molecule has 3 nitrogen and oxygen atoms in total. The van der Waals surface area contributed by atoms with E-state index in [0.29, 0.717) is 17.6 Å². The predicted molar refractivity (Wildman–Crippen MR) is 61.8 cm³/mol. The molecule has 0 bridgehead atoms. The van der Waals surface area contributed by atoms with Crippen molar-refractivity contribution in [3.8, 4) is 0 Å². The van der Waals surface area contributed by atoms with Crippen molar-refractivity contribution in [2.75, 3.05) is 26.2 Å². The van der Waals surface area contributed by atoms with Gasteiger partial charge in [0, 0.05) is 19.6 Å². The third-order valence-corrected chi connectivity index (χ3v) is 3.90. The molecule has 1 heterocycles. The first kappa shape index (κ1) is 11.4. The van der Waals surface area contributed by atoms with Gasteiger partial charge in [0.05, 0.1) is 12.2 Å². The van der Waals surface area contributed by atoms with Gasteiger partial charge in [-0.05, 0) is 38.6 Å². The van der Waals surface area contributed by atoms with Crippen LogP contribution >= 0.6 is 0 Å². The van der Waals surface area contributed by atoms with Gasteiger partial charge in [0.25, 0.3) is 0 Å². The van der Waals surface area contributed by atoms with Gasteiger partial charge in [0.2, 0.25) is 0 Å². The average molecular weight is 212 g/mol. The van der Waals surface area contributed by atoms with Crippen molar-refractivity contribution in [1.82, 2.24) is 4.90 Å². The Morgan fingerprint density at radius 1 is 1.27 bits per heavy atom. The van der Waals surface area contributed by atoms with Gasteiger partial charge in [-0.25, -0.2) is 0 Å². The molecule has 1 aliphatic heterocycles. The summed E-state index contributed by atoms with van der Waals surface area (Å²) in [5, 5.41) is 0. The quantitative estimate of drug-likeness (QED) is 0.764. The number of ether oxygens (including phenoxy) is 1. The maximum Gasteiger partial charge on any atom is 0.0678 e. The van der Waals surface area contributed by atoms with Crippen LogP contribution in [0.25, 0.3) is 0 Å². The normalized spacial score (nSPS) is 36.2. The van der Waals surface area contributed by atoms with Gasteiger partial charge < -0.3 is 10.5 Å². The molecule has 1 saturated heterocycles. The number of nitrogens with two attached hydrogens (primary N) is 1. The second kappa shape index (κ2) is 4.40. The van der Waals surface area contributed by atoms with E-state index in [9.17, 15) is 0 Å². The summed E-state index contributed by atoms with van der Waals surface area (Å²) in [6.45, 7) is 8.52. The molecule has 0 aromatic rings. The van der Waals surface area contributed by atoms with Crippen LogP contribution < -0.4 is 5.73 Å². The molecule has 0 spiro atoms. The van der Waals surface area contributed by atoms with Crippen LogP contribution in [0.2, 0.25) is 0 Å². The highest BCUT2D eigenvalue weighted by Gasteiger charge is 2.38. The summed E-state index contributed by atoms with van der Waals surface area (Å²) in [5.41, 5.74) is 6.34. The zero-order chi connectivity index (χ0) is 10.9. The molecule has 3 heteroatoms. The Kier molecular flexibility index (Phi) is 3.33. The van der Waals surface area contributed by atoms with E-state index in [4.69, 9.17) is 10.5 Å². The standard InChI is InChI=1S/C12H24N2O/c1-10-6-14(7-11(2)15-10)9-12(8-13)4-3-5-12/h10-11H,3-9,13H2,1-2H3. The van der Waals surface area contributed by atoms with Gasteiger partial charge in [0.1, 0.15) is 0 Å². The number of morpholine rings is 1. The van der Waals surface area contributed by atoms with Crippen molar-refractivity contribution in [2.45, 2.75) is 45.3 Å². The van der Waals surface area contributed by atoms with Gasteiger partial charge in [-0.3, -0.25) is 4.90 Å². The van der Waals surface area contributed by atoms with E-state index in [1.807, 2.05) is 0 Å². The Labute approximate surface area is 93.0 Å². The van der Waals surface area contributed by atoms with E-state index in [-0.39, 0.29) is 0 Å². The summed E-state index contributed by atoms with van der Waals surface area (Å²) in [4.78, 5) is 2.55. The van der Waals surface area contributed by atoms with Gasteiger partial charge in [-0.2, -0.15) is 0 Å². The molecule has 2 fully saturated rings. The Balaban J connectivity index is 1.87. The fourth-order valence-corrected chi connectivity index (χ4v) is 2.99. The second-order valence-electron chi connectivity index (χ2n) is 5.51. The fraction of sp³-hybridized carbons (Fsp3) is 1.00. The number of hydrogen-bond donors (Lipinski definition) is 1. The summed E-state index contributed by atoms with van der Waals surface area (Å²) < 4.78 is 5.74. The molecule has 88 valence electrons. The third-order valence-electron chi connectivity index (χ3n) is 3.90. The summed E-state index contributed by atoms with van der Waals surface area (Å²) in [6, 6.07) is 0. The Morgan fingerprint density at radius 3 is 2.27 bits per heavy atom. The van der Waals surface area contributed by atoms with Crippen LogP contribution in [-0.4, -0.2) is 43.3 Å². The van der Waals surface area contributed by atoms with Crippen molar-refractivity contribution in [1.29, 1.82) is 0 Å². The average Bonchev–Trinajstić information content (AvgIpc) is 2.10. The first-order valence-electron chi connectivity index (χ1n) is 6.21. The van der Waals surface area contributed by atoms with Crippen molar-refractivity contribution >= 4 is 0 Å². The minimum absolute atomic E-state index is 0.378. The maximum atomic E-state index is 5.90. The van der Waals surface area contributed by atoms with E-state index >= 15 is 0 Å². The molecule has 0 aromatic carbocycles. The zero-order valence-electron chi connectivity index (χ0n) is 10.0. The van der Waals surface area contributed by atoms with E-state index in [0.717, 1.165) is 19.6 Å². The van der Waals surface area contributed by atoms with Crippen LogP contribution in [0.15, 0.2) is 0 Å². The molecular weight excluding hydrogens is 188 g/mol. The third kappa shape index (κ3) is 2.52. The minimum Gasteiger partial charge on any atom is -0.373 e. The van der Waals surface area contributed by atoms with Crippen molar-refractivity contribution in [3.63, 3.8) is 0 Å². The molecule has 2 aliphatic rings. The number of nitrogens with zero attached hydrogens (tertiary/aromatic N) is 1. The second-order valence-corrected chi connectivity index (χ2v) is 5.51. The number of rotatable bonds is 3. The Hall–Kier alpha value is -0.120. The smallest absolute Gasteiger partial charge is 0.0678 e. The largest absolute Gasteiger partial charge is 0.373 e. The van der Waals surface area contributed by atoms with Crippen LogP contribution in [0.1, 0.15) is 33.1 Å². The molecule has 15 heavy (non-hydrogen) atoms. The number of hydrogen-bond acceptors (Lipinski definition) is 3. The monoisotopic (exact) mass is 212 g/mol. The highest BCUT2D eigenvalue weighted by molar-refractivity contribution is 4.92. The van der Waals surface area contributed by atoms with Gasteiger partial charge >= 0.3 is 0 Å². The van der Waals surface area contributed by atoms with Gasteiger partial charge in [-0.15, -0.1) is 0 Å². The summed E-state index contributed by atoms with van der Waals surface area (Å²) in [6.07, 6.45) is 4.77. The molecule has 1 saturated carbocycles. The van der Waals surface area contributed by atoms with Crippen molar-refractivity contribution in [2.24, 2.45) is 11.1 Å². The van der Waals surface area contributed by atoms with Gasteiger partial charge in [-0.1, -0.05) is 6.42 Å². The van der Waals surface area contributed by atoms with Crippen LogP contribution in [0, 0.1) is 5.41 Å². The predicted octanol–water partition coefficient (Wildman–Crippen LogP) is 1.22. The topological polar surface area (TPSA) is 38.5 Å². The molecule has 0 radical (unpaired) electrons. The lowest BCUT2D eigenvalue weighted by molar-refractivity contribution is -0.0836. The molecule has 2 rings (SSSR count). The SMILES string of the molecule is CC1CN(CC2(CN)CCC2)CC(C)O1. The lowest BCUT2D eigenvalue weighted by atomic mass is 9.68. The van der Waals surface area contributed by atoms with Crippen LogP contribution in [-0.2, 0) is 4.74 Å². The van der Waals surface area contributed by atoms with E-state index in [2.05, 4.69) is 18.7 Å². The Bertz CT molecular complexity index is 200. The van der Waals surface area contributed by atoms with Crippen molar-refractivity contribution in [3.05, 3.63) is 0 Å². The first-order chi connectivity index (χ1) is 7.13. The fourth-order valence-electron chi connectivity index (χ4n) is 2.99. The lowest BCUT2D eigenvalue weighted by Crippen LogP contribution is -2.53. The maximum absolute atomic E-state index is 5.90. The zero-order valence-corrected chi connectivity index (χ0v) is 10.0. The molecule has 0 amide bonds. The van der Waals surface area contributed by atoms with Crippen LogP contribution in [0.5, 0.6) is 0 Å². The highest BCUT2D eigenvalue weighted by Crippen LogP contribution is 2.40. The minimum atomic E-state index is 0.378. The Morgan fingerprint density at radius 2 is 1.87 bits per heavy atom. The first-order valence-corrected chi connectivity index (χ1v) is 6.21. The molecular formula is C12H24N2O. The van der Waals surface area contributed by atoms with Crippen LogP contribution in [0.4, 0.5) is 0 Å². The van der Waals surface area contributed by atoms with E-state index < -0.39 is 0 Å². The molecule has 0 aromatic heterocycles. The van der Waals surface area contributed by atoms with E-state index in [1.165, 1.54) is 25.8 Å². The van der Waals surface area contributed by atoms with Crippen LogP contribution in [0.3, 0.4) is 0 Å². The van der Waals surface area contributed by atoms with Gasteiger partial charge in [0.15, 0.2) is 0 Å². The highest BCUT2D eigenvalue weighted by atomic mass is 16.5. The molecule has 2 N–H and O–H groups in total. The molecule has 2 unspecified atom stereocenters. The molecule has 1 aliphatic carbocycles. The summed E-state index contributed by atoms with van der Waals surface area (Å²) in [7, 11) is 0. The summed E-state index contributed by atoms with van der Waals surface area (Å²) >= 11 is 0. The molecule has 2 atom stereocenters. The van der Waals surface area contributed by atoms with Crippen molar-refractivity contribution < 1.29 is 4.74 Å². The van der Waals surface area contributed by atoms with E-state index in [1.54, 1.807) is 0 Å².